The molecule has 4 nitrogen and oxygen atoms in total. The highest BCUT2D eigenvalue weighted by Gasteiger charge is 2.23. The molecule has 0 spiro atoms. The number of hydrogen-bond donors (Lipinski definition) is 2. The lowest BCUT2D eigenvalue weighted by Gasteiger charge is -2.32. The van der Waals surface area contributed by atoms with E-state index >= 15 is 0 Å². The standard InChI is InChI=1S/C15H22N2O2/c1-2-9-16-15(19)17-10-7-13(8-11-17)12-3-5-14(18)6-4-12/h3-6,13,18H,2,7-11H2,1H3,(H,16,19). The Bertz CT molecular complexity index is 409. The van der Waals surface area contributed by atoms with Gasteiger partial charge in [0.2, 0.25) is 0 Å². The molecule has 0 aromatic heterocycles. The Morgan fingerprint density at radius 1 is 1.32 bits per heavy atom. The SMILES string of the molecule is CCCNC(=O)N1CCC(c2ccc(O)cc2)CC1. The molecule has 1 aliphatic rings. The first-order valence-corrected chi connectivity index (χ1v) is 7.02. The number of urea groups is 1. The van der Waals surface area contributed by atoms with Crippen LogP contribution in [0, 0.1) is 0 Å². The highest BCUT2D eigenvalue weighted by Crippen LogP contribution is 2.28. The monoisotopic (exact) mass is 262 g/mol. The maximum atomic E-state index is 11.8. The van der Waals surface area contributed by atoms with Crippen molar-refractivity contribution in [3.8, 4) is 5.75 Å². The molecule has 1 aromatic rings. The number of nitrogens with zero attached hydrogens (tertiary/aromatic N) is 1. The molecular weight excluding hydrogens is 240 g/mol. The van der Waals surface area contributed by atoms with E-state index in [1.807, 2.05) is 17.0 Å². The van der Waals surface area contributed by atoms with Crippen LogP contribution >= 0.6 is 0 Å². The van der Waals surface area contributed by atoms with Gasteiger partial charge in [0.25, 0.3) is 0 Å². The van der Waals surface area contributed by atoms with Gasteiger partial charge in [0, 0.05) is 19.6 Å². The number of hydrogen-bond acceptors (Lipinski definition) is 2. The van der Waals surface area contributed by atoms with Gasteiger partial charge in [-0.05, 0) is 42.9 Å². The Hall–Kier alpha value is -1.71. The smallest absolute Gasteiger partial charge is 0.317 e. The largest absolute Gasteiger partial charge is 0.508 e. The summed E-state index contributed by atoms with van der Waals surface area (Å²) in [6, 6.07) is 7.48. The number of phenolic OH excluding ortho intramolecular Hbond substituents is 1. The van der Waals surface area contributed by atoms with Crippen molar-refractivity contribution in [2.45, 2.75) is 32.1 Å². The van der Waals surface area contributed by atoms with Gasteiger partial charge in [-0.3, -0.25) is 0 Å². The molecule has 0 atom stereocenters. The van der Waals surface area contributed by atoms with E-state index in [1.165, 1.54) is 5.56 Å². The van der Waals surface area contributed by atoms with Crippen molar-refractivity contribution in [1.29, 1.82) is 0 Å². The normalized spacial score (nSPS) is 16.4. The summed E-state index contributed by atoms with van der Waals surface area (Å²) < 4.78 is 0. The number of amides is 2. The summed E-state index contributed by atoms with van der Waals surface area (Å²) in [6.07, 6.45) is 2.95. The average Bonchev–Trinajstić information content (AvgIpc) is 2.46. The number of piperidine rings is 1. The first kappa shape index (κ1) is 13.7. The minimum atomic E-state index is 0.0611. The molecule has 0 saturated carbocycles. The van der Waals surface area contributed by atoms with E-state index in [9.17, 15) is 9.90 Å². The van der Waals surface area contributed by atoms with Crippen LogP contribution in [0.4, 0.5) is 4.79 Å². The maximum absolute atomic E-state index is 11.8. The van der Waals surface area contributed by atoms with Crippen LogP contribution < -0.4 is 5.32 Å². The lowest BCUT2D eigenvalue weighted by Crippen LogP contribution is -2.44. The third kappa shape index (κ3) is 3.63. The molecular formula is C15H22N2O2. The first-order valence-electron chi connectivity index (χ1n) is 7.02. The van der Waals surface area contributed by atoms with Gasteiger partial charge in [0.1, 0.15) is 5.75 Å². The predicted molar refractivity (Wildman–Crippen MR) is 75.3 cm³/mol. The van der Waals surface area contributed by atoms with Crippen molar-refractivity contribution in [2.75, 3.05) is 19.6 Å². The second kappa shape index (κ2) is 6.45. The van der Waals surface area contributed by atoms with Crippen LogP contribution in [0.5, 0.6) is 5.75 Å². The molecule has 104 valence electrons. The van der Waals surface area contributed by atoms with E-state index < -0.39 is 0 Å². The quantitative estimate of drug-likeness (QED) is 0.880. The summed E-state index contributed by atoms with van der Waals surface area (Å²) in [5.41, 5.74) is 1.26. The Morgan fingerprint density at radius 3 is 2.53 bits per heavy atom. The maximum Gasteiger partial charge on any atom is 0.317 e. The molecule has 0 radical (unpaired) electrons. The molecule has 1 saturated heterocycles. The van der Waals surface area contributed by atoms with E-state index in [0.29, 0.717) is 11.7 Å². The van der Waals surface area contributed by atoms with Gasteiger partial charge in [0.05, 0.1) is 0 Å². The minimum absolute atomic E-state index is 0.0611. The van der Waals surface area contributed by atoms with Gasteiger partial charge < -0.3 is 15.3 Å². The van der Waals surface area contributed by atoms with Crippen LogP contribution in [0.2, 0.25) is 0 Å². The molecule has 1 fully saturated rings. The van der Waals surface area contributed by atoms with Gasteiger partial charge in [-0.1, -0.05) is 19.1 Å². The molecule has 2 N–H and O–H groups in total. The molecule has 2 amide bonds. The molecule has 1 heterocycles. The second-order valence-electron chi connectivity index (χ2n) is 5.08. The summed E-state index contributed by atoms with van der Waals surface area (Å²) >= 11 is 0. The van der Waals surface area contributed by atoms with Gasteiger partial charge in [-0.25, -0.2) is 4.79 Å². The van der Waals surface area contributed by atoms with Crippen molar-refractivity contribution in [3.63, 3.8) is 0 Å². The van der Waals surface area contributed by atoms with E-state index in [2.05, 4.69) is 12.2 Å². The van der Waals surface area contributed by atoms with Gasteiger partial charge in [-0.2, -0.15) is 0 Å². The molecule has 0 bridgehead atoms. The highest BCUT2D eigenvalue weighted by atomic mass is 16.3. The summed E-state index contributed by atoms with van der Waals surface area (Å²) in [4.78, 5) is 13.7. The number of likely N-dealkylation sites (tertiary alicyclic amines) is 1. The number of benzene rings is 1. The van der Waals surface area contributed by atoms with E-state index in [1.54, 1.807) is 12.1 Å². The van der Waals surface area contributed by atoms with Crippen molar-refractivity contribution in [2.24, 2.45) is 0 Å². The summed E-state index contributed by atoms with van der Waals surface area (Å²) in [5.74, 6) is 0.802. The molecule has 2 rings (SSSR count). The average molecular weight is 262 g/mol. The second-order valence-corrected chi connectivity index (χ2v) is 5.08. The van der Waals surface area contributed by atoms with Crippen molar-refractivity contribution in [3.05, 3.63) is 29.8 Å². The van der Waals surface area contributed by atoms with Crippen LogP contribution in [0.3, 0.4) is 0 Å². The zero-order chi connectivity index (χ0) is 13.7. The Morgan fingerprint density at radius 2 is 1.95 bits per heavy atom. The van der Waals surface area contributed by atoms with Crippen molar-refractivity contribution >= 4 is 6.03 Å². The van der Waals surface area contributed by atoms with Crippen molar-refractivity contribution < 1.29 is 9.90 Å². The lowest BCUT2D eigenvalue weighted by atomic mass is 9.89. The van der Waals surface area contributed by atoms with E-state index in [-0.39, 0.29) is 6.03 Å². The number of nitrogens with one attached hydrogen (secondary N) is 1. The topological polar surface area (TPSA) is 52.6 Å². The van der Waals surface area contributed by atoms with Gasteiger partial charge in [-0.15, -0.1) is 0 Å². The van der Waals surface area contributed by atoms with Crippen LogP contribution in [0.25, 0.3) is 0 Å². The number of aromatic hydroxyl groups is 1. The molecule has 0 unspecified atom stereocenters. The first-order chi connectivity index (χ1) is 9.20. The Balaban J connectivity index is 1.85. The van der Waals surface area contributed by atoms with Crippen LogP contribution in [0.1, 0.15) is 37.7 Å². The predicted octanol–water partition coefficient (Wildman–Crippen LogP) is 2.69. The minimum Gasteiger partial charge on any atom is -0.508 e. The Labute approximate surface area is 114 Å². The number of phenols is 1. The molecule has 19 heavy (non-hydrogen) atoms. The van der Waals surface area contributed by atoms with Crippen LogP contribution in [-0.4, -0.2) is 35.7 Å². The van der Waals surface area contributed by atoms with Crippen LogP contribution in [0.15, 0.2) is 24.3 Å². The van der Waals surface area contributed by atoms with Gasteiger partial charge >= 0.3 is 6.03 Å². The fourth-order valence-electron chi connectivity index (χ4n) is 2.51. The zero-order valence-electron chi connectivity index (χ0n) is 11.4. The Kier molecular flexibility index (Phi) is 4.66. The summed E-state index contributed by atoms with van der Waals surface area (Å²) in [7, 11) is 0. The number of rotatable bonds is 3. The van der Waals surface area contributed by atoms with E-state index in [4.69, 9.17) is 0 Å². The molecule has 0 aliphatic carbocycles. The van der Waals surface area contributed by atoms with Crippen LogP contribution in [-0.2, 0) is 0 Å². The van der Waals surface area contributed by atoms with Crippen molar-refractivity contribution in [1.82, 2.24) is 10.2 Å². The molecule has 1 aromatic carbocycles. The summed E-state index contributed by atoms with van der Waals surface area (Å²) in [6.45, 7) is 4.41. The zero-order valence-corrected chi connectivity index (χ0v) is 11.4. The molecule has 4 heteroatoms. The highest BCUT2D eigenvalue weighted by molar-refractivity contribution is 5.74. The fraction of sp³-hybridized carbons (Fsp3) is 0.533. The van der Waals surface area contributed by atoms with E-state index in [0.717, 1.165) is 38.9 Å². The van der Waals surface area contributed by atoms with Gasteiger partial charge in [0.15, 0.2) is 0 Å². The number of carbonyl (C=O) groups excluding carboxylic acids is 1. The number of carbonyl (C=O) groups is 1. The third-order valence-electron chi connectivity index (χ3n) is 3.67. The third-order valence-corrected chi connectivity index (χ3v) is 3.67. The lowest BCUT2D eigenvalue weighted by molar-refractivity contribution is 0.181. The summed E-state index contributed by atoms with van der Waals surface area (Å²) in [5, 5.41) is 12.2. The fourth-order valence-corrected chi connectivity index (χ4v) is 2.51. The molecule has 1 aliphatic heterocycles.